The summed E-state index contributed by atoms with van der Waals surface area (Å²) in [5, 5.41) is 5.97. The summed E-state index contributed by atoms with van der Waals surface area (Å²) >= 11 is 0. The molecular formula is C6H13N4O3P. The number of nitrogen functional groups attached to an aromatic ring is 1. The molecule has 0 spiro atoms. The van der Waals surface area contributed by atoms with Crippen molar-refractivity contribution in [3.63, 3.8) is 0 Å². The van der Waals surface area contributed by atoms with E-state index in [0.717, 1.165) is 0 Å². The van der Waals surface area contributed by atoms with Crippen LogP contribution in [0.2, 0.25) is 0 Å². The molecule has 1 aromatic heterocycles. The third kappa shape index (κ3) is 2.31. The quantitative estimate of drug-likeness (QED) is 0.690. The average molecular weight is 220 g/mol. The van der Waals surface area contributed by atoms with Crippen molar-refractivity contribution in [2.24, 2.45) is 0 Å². The van der Waals surface area contributed by atoms with Crippen molar-refractivity contribution in [2.75, 3.05) is 18.9 Å². The van der Waals surface area contributed by atoms with Crippen LogP contribution in [0.4, 0.5) is 5.95 Å². The van der Waals surface area contributed by atoms with Gasteiger partial charge in [0.25, 0.3) is 0 Å². The number of nitrogens with one attached hydrogen (secondary N) is 1. The lowest BCUT2D eigenvalue weighted by Gasteiger charge is -2.13. The van der Waals surface area contributed by atoms with Gasteiger partial charge in [-0.15, -0.1) is 5.10 Å². The predicted molar refractivity (Wildman–Crippen MR) is 51.3 cm³/mol. The second kappa shape index (κ2) is 4.54. The molecule has 0 aliphatic carbocycles. The van der Waals surface area contributed by atoms with Crippen LogP contribution < -0.4 is 11.3 Å². The Morgan fingerprint density at radius 3 is 2.36 bits per heavy atom. The molecule has 1 rings (SSSR count). The van der Waals surface area contributed by atoms with E-state index < -0.39 is 7.60 Å². The van der Waals surface area contributed by atoms with Gasteiger partial charge in [0.1, 0.15) is 0 Å². The third-order valence-electron chi connectivity index (χ3n) is 1.35. The fourth-order valence-corrected chi connectivity index (χ4v) is 2.28. The lowest BCUT2D eigenvalue weighted by Crippen LogP contribution is -2.14. The molecule has 14 heavy (non-hydrogen) atoms. The van der Waals surface area contributed by atoms with Gasteiger partial charge in [0.15, 0.2) is 0 Å². The first kappa shape index (κ1) is 11.2. The molecule has 0 amide bonds. The van der Waals surface area contributed by atoms with Gasteiger partial charge >= 0.3 is 7.60 Å². The third-order valence-corrected chi connectivity index (χ3v) is 3.26. The molecule has 0 bridgehead atoms. The number of aromatic nitrogens is 3. The van der Waals surface area contributed by atoms with Gasteiger partial charge in [-0.1, -0.05) is 0 Å². The minimum atomic E-state index is -3.36. The smallest absolute Gasteiger partial charge is 0.366 e. The molecule has 0 aliphatic heterocycles. The largest absolute Gasteiger partial charge is 0.397 e. The molecule has 0 saturated carbocycles. The van der Waals surface area contributed by atoms with Gasteiger partial charge in [-0.25, -0.2) is 0 Å². The molecule has 1 heterocycles. The minimum absolute atomic E-state index is 0.0135. The molecule has 7 nitrogen and oxygen atoms in total. The highest BCUT2D eigenvalue weighted by atomic mass is 31.2. The summed E-state index contributed by atoms with van der Waals surface area (Å²) < 4.78 is 22.0. The second-order valence-electron chi connectivity index (χ2n) is 2.35. The van der Waals surface area contributed by atoms with Crippen LogP contribution in [0.3, 0.4) is 0 Å². The van der Waals surface area contributed by atoms with E-state index in [1.807, 2.05) is 0 Å². The minimum Gasteiger partial charge on any atom is -0.366 e. The monoisotopic (exact) mass is 220 g/mol. The van der Waals surface area contributed by atoms with Crippen LogP contribution in [-0.4, -0.2) is 28.4 Å². The van der Waals surface area contributed by atoms with Crippen LogP contribution in [0.25, 0.3) is 0 Å². The normalized spacial score (nSPS) is 11.9. The SMILES string of the molecule is CCOP(=O)(OCC)c1nc(N)n[nH]1. The van der Waals surface area contributed by atoms with Gasteiger partial charge in [0.05, 0.1) is 13.2 Å². The summed E-state index contributed by atoms with van der Waals surface area (Å²) in [4.78, 5) is 3.72. The van der Waals surface area contributed by atoms with E-state index in [1.165, 1.54) is 0 Å². The summed E-state index contributed by atoms with van der Waals surface area (Å²) in [6.45, 7) is 3.95. The molecule has 0 saturated heterocycles. The van der Waals surface area contributed by atoms with Crippen molar-refractivity contribution in [1.29, 1.82) is 0 Å². The number of rotatable bonds is 5. The van der Waals surface area contributed by atoms with E-state index in [1.54, 1.807) is 13.8 Å². The van der Waals surface area contributed by atoms with Crippen molar-refractivity contribution in [2.45, 2.75) is 13.8 Å². The number of nitrogens with two attached hydrogens (primary N) is 1. The molecule has 0 fully saturated rings. The Balaban J connectivity index is 2.93. The van der Waals surface area contributed by atoms with Crippen LogP contribution in [0.5, 0.6) is 0 Å². The standard InChI is InChI=1S/C6H13N4O3P/c1-3-12-14(11,13-4-2)6-8-5(7)9-10-6/h3-4H2,1-2H3,(H3,7,8,9,10). The highest BCUT2D eigenvalue weighted by Crippen LogP contribution is 2.45. The molecule has 8 heteroatoms. The van der Waals surface area contributed by atoms with Crippen LogP contribution in [0.15, 0.2) is 0 Å². The zero-order chi connectivity index (χ0) is 10.6. The second-order valence-corrected chi connectivity index (χ2v) is 4.29. The molecular weight excluding hydrogens is 207 g/mol. The van der Waals surface area contributed by atoms with Crippen molar-refractivity contribution < 1.29 is 13.6 Å². The Labute approximate surface area is 81.5 Å². The molecule has 0 unspecified atom stereocenters. The number of anilines is 1. The number of hydrogen-bond acceptors (Lipinski definition) is 6. The van der Waals surface area contributed by atoms with Crippen LogP contribution >= 0.6 is 7.60 Å². The maximum Gasteiger partial charge on any atom is 0.397 e. The van der Waals surface area contributed by atoms with Gasteiger partial charge in [-0.2, -0.15) is 4.98 Å². The molecule has 0 aliphatic rings. The van der Waals surface area contributed by atoms with Gasteiger partial charge in [-0.3, -0.25) is 9.66 Å². The van der Waals surface area contributed by atoms with Gasteiger partial charge in [0, 0.05) is 0 Å². The van der Waals surface area contributed by atoms with E-state index in [-0.39, 0.29) is 24.7 Å². The van der Waals surface area contributed by atoms with Crippen LogP contribution in [0, 0.1) is 0 Å². The van der Waals surface area contributed by atoms with Gasteiger partial charge < -0.3 is 14.8 Å². The van der Waals surface area contributed by atoms with Crippen LogP contribution in [0.1, 0.15) is 13.8 Å². The first-order valence-electron chi connectivity index (χ1n) is 4.20. The summed E-state index contributed by atoms with van der Waals surface area (Å²) in [5.74, 6) is 0.0135. The van der Waals surface area contributed by atoms with Crippen molar-refractivity contribution in [3.05, 3.63) is 0 Å². The molecule has 0 radical (unpaired) electrons. The molecule has 1 aromatic rings. The highest BCUT2D eigenvalue weighted by Gasteiger charge is 2.30. The summed E-state index contributed by atoms with van der Waals surface area (Å²) in [6.07, 6.45) is 0. The van der Waals surface area contributed by atoms with E-state index in [2.05, 4.69) is 15.2 Å². The van der Waals surface area contributed by atoms with Gasteiger partial charge in [0.2, 0.25) is 11.5 Å². The Bertz CT molecular complexity index is 330. The van der Waals surface area contributed by atoms with Gasteiger partial charge in [-0.05, 0) is 13.8 Å². The zero-order valence-electron chi connectivity index (χ0n) is 8.06. The first-order valence-corrected chi connectivity index (χ1v) is 5.74. The summed E-state index contributed by atoms with van der Waals surface area (Å²) in [5.41, 5.74) is 5.32. The fraction of sp³-hybridized carbons (Fsp3) is 0.667. The van der Waals surface area contributed by atoms with Crippen LogP contribution in [-0.2, 0) is 13.6 Å². The fourth-order valence-electron chi connectivity index (χ4n) is 0.888. The number of nitrogens with zero attached hydrogens (tertiary/aromatic N) is 2. The number of hydrogen-bond donors (Lipinski definition) is 2. The predicted octanol–water partition coefficient (Wildman–Crippen LogP) is 0.278. The molecule has 0 aromatic carbocycles. The highest BCUT2D eigenvalue weighted by molar-refractivity contribution is 7.61. The zero-order valence-corrected chi connectivity index (χ0v) is 8.95. The molecule has 80 valence electrons. The van der Waals surface area contributed by atoms with Crippen molar-refractivity contribution >= 4 is 19.1 Å². The summed E-state index contributed by atoms with van der Waals surface area (Å²) in [6, 6.07) is 0. The van der Waals surface area contributed by atoms with Crippen molar-refractivity contribution in [1.82, 2.24) is 15.2 Å². The number of aromatic amines is 1. The number of H-pyrrole nitrogens is 1. The lowest BCUT2D eigenvalue weighted by atomic mass is 10.9. The van der Waals surface area contributed by atoms with E-state index in [0.29, 0.717) is 0 Å². The maximum atomic E-state index is 12.0. The summed E-state index contributed by atoms with van der Waals surface area (Å²) in [7, 11) is -3.36. The van der Waals surface area contributed by atoms with E-state index >= 15 is 0 Å². The topological polar surface area (TPSA) is 103 Å². The Hall–Kier alpha value is -0.910. The lowest BCUT2D eigenvalue weighted by molar-refractivity contribution is 0.228. The van der Waals surface area contributed by atoms with E-state index in [4.69, 9.17) is 14.8 Å². The Morgan fingerprint density at radius 2 is 2.00 bits per heavy atom. The molecule has 0 atom stereocenters. The maximum absolute atomic E-state index is 12.0. The van der Waals surface area contributed by atoms with Crippen molar-refractivity contribution in [3.8, 4) is 0 Å². The van der Waals surface area contributed by atoms with E-state index in [9.17, 15) is 4.57 Å². The first-order chi connectivity index (χ1) is 6.62. The Morgan fingerprint density at radius 1 is 1.43 bits per heavy atom. The average Bonchev–Trinajstić information content (AvgIpc) is 2.53. The Kier molecular flexibility index (Phi) is 3.62. The molecule has 3 N–H and O–H groups in total.